The largest absolute Gasteiger partial charge is 0.496 e. The van der Waals surface area contributed by atoms with Gasteiger partial charge in [0.05, 0.1) is 18.7 Å². The standard InChI is InChI=1S/C18H18ClNO4/c1-11(20-18(21)12-5-3-4-6-15(12)22-2)13-9-16-17(10-14(13)19)24-8-7-23-16/h3-6,9-11H,7-8H2,1-2H3,(H,20,21)/t11-/m0/s1. The van der Waals surface area contributed by atoms with Crippen LogP contribution in [0.2, 0.25) is 5.02 Å². The van der Waals surface area contributed by atoms with E-state index < -0.39 is 0 Å². The number of halogens is 1. The van der Waals surface area contributed by atoms with Gasteiger partial charge in [0.2, 0.25) is 0 Å². The third-order valence-corrected chi connectivity index (χ3v) is 4.15. The van der Waals surface area contributed by atoms with Crippen LogP contribution in [0.3, 0.4) is 0 Å². The molecule has 5 nitrogen and oxygen atoms in total. The zero-order valence-electron chi connectivity index (χ0n) is 13.5. The Morgan fingerprint density at radius 2 is 1.88 bits per heavy atom. The molecule has 126 valence electrons. The van der Waals surface area contributed by atoms with Crippen LogP contribution in [0.4, 0.5) is 0 Å². The van der Waals surface area contributed by atoms with Crippen molar-refractivity contribution in [1.29, 1.82) is 0 Å². The Morgan fingerprint density at radius 1 is 1.21 bits per heavy atom. The van der Waals surface area contributed by atoms with Gasteiger partial charge >= 0.3 is 0 Å². The van der Waals surface area contributed by atoms with E-state index in [-0.39, 0.29) is 11.9 Å². The summed E-state index contributed by atoms with van der Waals surface area (Å²) in [5.41, 5.74) is 1.24. The molecule has 1 N–H and O–H groups in total. The fourth-order valence-corrected chi connectivity index (χ4v) is 2.91. The van der Waals surface area contributed by atoms with Crippen LogP contribution in [0.1, 0.15) is 28.9 Å². The average Bonchev–Trinajstić information content (AvgIpc) is 2.60. The number of hydrogen-bond donors (Lipinski definition) is 1. The summed E-state index contributed by atoms with van der Waals surface area (Å²) in [6, 6.07) is 10.3. The van der Waals surface area contributed by atoms with Gasteiger partial charge in [-0.25, -0.2) is 0 Å². The minimum Gasteiger partial charge on any atom is -0.496 e. The highest BCUT2D eigenvalue weighted by Gasteiger charge is 2.21. The summed E-state index contributed by atoms with van der Waals surface area (Å²) in [5, 5.41) is 3.46. The van der Waals surface area contributed by atoms with E-state index in [1.54, 1.807) is 24.3 Å². The zero-order chi connectivity index (χ0) is 17.1. The van der Waals surface area contributed by atoms with Crippen molar-refractivity contribution >= 4 is 17.5 Å². The van der Waals surface area contributed by atoms with Crippen LogP contribution < -0.4 is 19.5 Å². The molecule has 0 unspecified atom stereocenters. The van der Waals surface area contributed by atoms with E-state index in [1.165, 1.54) is 7.11 Å². The molecule has 1 heterocycles. The lowest BCUT2D eigenvalue weighted by Gasteiger charge is -2.22. The molecule has 0 spiro atoms. The second-order valence-electron chi connectivity index (χ2n) is 5.41. The van der Waals surface area contributed by atoms with Crippen molar-refractivity contribution in [3.8, 4) is 17.2 Å². The third kappa shape index (κ3) is 3.26. The van der Waals surface area contributed by atoms with Crippen molar-refractivity contribution in [2.24, 2.45) is 0 Å². The van der Waals surface area contributed by atoms with E-state index in [9.17, 15) is 4.79 Å². The number of ether oxygens (including phenoxy) is 3. The molecule has 1 amide bonds. The minimum atomic E-state index is -0.300. The van der Waals surface area contributed by atoms with Crippen LogP contribution in [-0.2, 0) is 0 Å². The molecule has 2 aromatic carbocycles. The Morgan fingerprint density at radius 3 is 2.58 bits per heavy atom. The normalized spacial score (nSPS) is 14.0. The summed E-state index contributed by atoms with van der Waals surface area (Å²) in [4.78, 5) is 12.5. The van der Waals surface area contributed by atoms with Gasteiger partial charge in [-0.3, -0.25) is 4.79 Å². The van der Waals surface area contributed by atoms with Crippen LogP contribution in [0.15, 0.2) is 36.4 Å². The molecular weight excluding hydrogens is 330 g/mol. The van der Waals surface area contributed by atoms with Crippen molar-refractivity contribution in [1.82, 2.24) is 5.32 Å². The van der Waals surface area contributed by atoms with Gasteiger partial charge < -0.3 is 19.5 Å². The Labute approximate surface area is 145 Å². The molecule has 24 heavy (non-hydrogen) atoms. The minimum absolute atomic E-state index is 0.231. The number of amides is 1. The van der Waals surface area contributed by atoms with Gasteiger partial charge in [-0.05, 0) is 30.7 Å². The molecule has 1 atom stereocenters. The van der Waals surface area contributed by atoms with Gasteiger partial charge in [-0.1, -0.05) is 23.7 Å². The van der Waals surface area contributed by atoms with E-state index in [4.69, 9.17) is 25.8 Å². The van der Waals surface area contributed by atoms with Crippen LogP contribution >= 0.6 is 11.6 Å². The average molecular weight is 348 g/mol. The van der Waals surface area contributed by atoms with Crippen LogP contribution in [0.25, 0.3) is 0 Å². The fraction of sp³-hybridized carbons (Fsp3) is 0.278. The molecular formula is C18H18ClNO4. The van der Waals surface area contributed by atoms with E-state index >= 15 is 0 Å². The quantitative estimate of drug-likeness (QED) is 0.918. The Balaban J connectivity index is 1.82. The molecule has 1 aliphatic heterocycles. The number of benzene rings is 2. The second kappa shape index (κ2) is 7.01. The molecule has 0 saturated carbocycles. The molecule has 0 aromatic heterocycles. The summed E-state index contributed by atoms with van der Waals surface area (Å²) in [6.45, 7) is 2.86. The van der Waals surface area contributed by atoms with Crippen molar-refractivity contribution < 1.29 is 19.0 Å². The molecule has 1 aliphatic rings. The van der Waals surface area contributed by atoms with Gasteiger partial charge in [0, 0.05) is 11.1 Å². The van der Waals surface area contributed by atoms with E-state index in [2.05, 4.69) is 5.32 Å². The first-order chi connectivity index (χ1) is 11.6. The second-order valence-corrected chi connectivity index (χ2v) is 5.82. The molecule has 3 rings (SSSR count). The number of rotatable bonds is 4. The highest BCUT2D eigenvalue weighted by molar-refractivity contribution is 6.31. The maximum atomic E-state index is 12.5. The number of methoxy groups -OCH3 is 1. The van der Waals surface area contributed by atoms with Gasteiger partial charge in [0.1, 0.15) is 19.0 Å². The summed E-state index contributed by atoms with van der Waals surface area (Å²) in [5.74, 6) is 1.55. The number of fused-ring (bicyclic) bond motifs is 1. The molecule has 0 saturated heterocycles. The van der Waals surface area contributed by atoms with Crippen LogP contribution in [0, 0.1) is 0 Å². The Bertz CT molecular complexity index is 763. The van der Waals surface area contributed by atoms with Gasteiger partial charge in [0.25, 0.3) is 5.91 Å². The van der Waals surface area contributed by atoms with E-state index in [0.29, 0.717) is 41.0 Å². The number of nitrogens with one attached hydrogen (secondary N) is 1. The molecule has 0 aliphatic carbocycles. The van der Waals surface area contributed by atoms with Gasteiger partial charge in [0.15, 0.2) is 11.5 Å². The van der Waals surface area contributed by atoms with Crippen LogP contribution in [-0.4, -0.2) is 26.2 Å². The predicted octanol–water partition coefficient (Wildman–Crippen LogP) is 3.61. The topological polar surface area (TPSA) is 56.8 Å². The smallest absolute Gasteiger partial charge is 0.255 e. The Hall–Kier alpha value is -2.40. The fourth-order valence-electron chi connectivity index (χ4n) is 2.60. The van der Waals surface area contributed by atoms with Crippen molar-refractivity contribution in [2.75, 3.05) is 20.3 Å². The lowest BCUT2D eigenvalue weighted by atomic mass is 10.1. The number of carbonyl (C=O) groups is 1. The number of para-hydroxylation sites is 1. The first-order valence-electron chi connectivity index (χ1n) is 7.63. The number of hydrogen-bond acceptors (Lipinski definition) is 4. The van der Waals surface area contributed by atoms with Crippen molar-refractivity contribution in [2.45, 2.75) is 13.0 Å². The third-order valence-electron chi connectivity index (χ3n) is 3.83. The van der Waals surface area contributed by atoms with Crippen LogP contribution in [0.5, 0.6) is 17.2 Å². The monoisotopic (exact) mass is 347 g/mol. The number of carbonyl (C=O) groups excluding carboxylic acids is 1. The van der Waals surface area contributed by atoms with Crippen molar-refractivity contribution in [3.63, 3.8) is 0 Å². The van der Waals surface area contributed by atoms with Crippen molar-refractivity contribution in [3.05, 3.63) is 52.5 Å². The van der Waals surface area contributed by atoms with E-state index in [0.717, 1.165) is 5.56 Å². The first kappa shape index (κ1) is 16.5. The van der Waals surface area contributed by atoms with Gasteiger partial charge in [-0.15, -0.1) is 0 Å². The highest BCUT2D eigenvalue weighted by Crippen LogP contribution is 2.37. The van der Waals surface area contributed by atoms with Gasteiger partial charge in [-0.2, -0.15) is 0 Å². The molecule has 0 bridgehead atoms. The molecule has 0 fully saturated rings. The van der Waals surface area contributed by atoms with E-state index in [1.807, 2.05) is 19.1 Å². The first-order valence-corrected chi connectivity index (χ1v) is 8.01. The zero-order valence-corrected chi connectivity index (χ0v) is 14.2. The molecule has 0 radical (unpaired) electrons. The summed E-state index contributed by atoms with van der Waals surface area (Å²) in [6.07, 6.45) is 0. The maximum Gasteiger partial charge on any atom is 0.255 e. The highest BCUT2D eigenvalue weighted by atomic mass is 35.5. The lowest BCUT2D eigenvalue weighted by Crippen LogP contribution is -2.27. The summed E-state index contributed by atoms with van der Waals surface area (Å²) >= 11 is 6.33. The lowest BCUT2D eigenvalue weighted by molar-refractivity contribution is 0.0936. The maximum absolute atomic E-state index is 12.5. The molecule has 2 aromatic rings. The SMILES string of the molecule is COc1ccccc1C(=O)N[C@@H](C)c1cc2c(cc1Cl)OCCO2. The molecule has 6 heteroatoms. The predicted molar refractivity (Wildman–Crippen MR) is 91.3 cm³/mol. The summed E-state index contributed by atoms with van der Waals surface area (Å²) < 4.78 is 16.3. The summed E-state index contributed by atoms with van der Waals surface area (Å²) in [7, 11) is 1.53. The Kier molecular flexibility index (Phi) is 4.81.